The number of para-hydroxylation sites is 1. The molecule has 0 spiro atoms. The van der Waals surface area contributed by atoms with Gasteiger partial charge in [0.2, 0.25) is 0 Å². The van der Waals surface area contributed by atoms with Gasteiger partial charge in [0.25, 0.3) is 0 Å². The minimum absolute atomic E-state index is 0.0574. The molecule has 1 aromatic carbocycles. The second-order valence-electron chi connectivity index (χ2n) is 6.02. The maximum atomic E-state index is 12.7. The number of benzene rings is 1. The number of thioether (sulfide) groups is 1. The molecule has 3 aromatic rings. The van der Waals surface area contributed by atoms with Crippen molar-refractivity contribution in [1.29, 1.82) is 0 Å². The SMILES string of the molecule is Cc1cc(C(=O)CSc2nncn2-c2ccccc2)c(C)n1CC(F)(F)F. The van der Waals surface area contributed by atoms with E-state index in [9.17, 15) is 18.0 Å². The molecule has 0 aliphatic rings. The standard InChI is InChI=1S/C18H17F3N4OS/c1-12-8-15(13(2)24(12)10-18(19,20)21)16(26)9-27-17-23-22-11-25(17)14-6-4-3-5-7-14/h3-8,11H,9-10H2,1-2H3. The summed E-state index contributed by atoms with van der Waals surface area (Å²) in [6.07, 6.45) is -2.78. The van der Waals surface area contributed by atoms with Crippen LogP contribution < -0.4 is 0 Å². The first-order chi connectivity index (χ1) is 12.8. The number of aryl methyl sites for hydroxylation is 1. The van der Waals surface area contributed by atoms with Crippen LogP contribution in [0, 0.1) is 13.8 Å². The van der Waals surface area contributed by atoms with Crippen LogP contribution >= 0.6 is 11.8 Å². The number of carbonyl (C=O) groups is 1. The molecule has 0 bridgehead atoms. The number of aromatic nitrogens is 4. The van der Waals surface area contributed by atoms with Crippen molar-refractivity contribution in [3.63, 3.8) is 0 Å². The van der Waals surface area contributed by atoms with E-state index in [1.165, 1.54) is 24.8 Å². The zero-order chi connectivity index (χ0) is 19.6. The highest BCUT2D eigenvalue weighted by Gasteiger charge is 2.30. The second kappa shape index (κ2) is 7.59. The van der Waals surface area contributed by atoms with Crippen LogP contribution in [0.1, 0.15) is 21.7 Å². The molecule has 5 nitrogen and oxygen atoms in total. The van der Waals surface area contributed by atoms with E-state index in [2.05, 4.69) is 10.2 Å². The van der Waals surface area contributed by atoms with Crippen molar-refractivity contribution < 1.29 is 18.0 Å². The minimum atomic E-state index is -4.34. The zero-order valence-electron chi connectivity index (χ0n) is 14.7. The first kappa shape index (κ1) is 19.2. The van der Waals surface area contributed by atoms with Crippen molar-refractivity contribution in [2.24, 2.45) is 0 Å². The lowest BCUT2D eigenvalue weighted by Crippen LogP contribution is -2.19. The summed E-state index contributed by atoms with van der Waals surface area (Å²) in [5.41, 5.74) is 1.89. The maximum absolute atomic E-state index is 12.7. The summed E-state index contributed by atoms with van der Waals surface area (Å²) < 4.78 is 41.0. The third kappa shape index (κ3) is 4.41. The lowest BCUT2D eigenvalue weighted by Gasteiger charge is -2.12. The van der Waals surface area contributed by atoms with Crippen molar-refractivity contribution in [2.45, 2.75) is 31.7 Å². The van der Waals surface area contributed by atoms with Crippen LogP contribution in [0.3, 0.4) is 0 Å². The van der Waals surface area contributed by atoms with Gasteiger partial charge in [-0.2, -0.15) is 13.2 Å². The summed E-state index contributed by atoms with van der Waals surface area (Å²) >= 11 is 1.20. The van der Waals surface area contributed by atoms with Crippen molar-refractivity contribution >= 4 is 17.5 Å². The molecule has 0 aliphatic carbocycles. The van der Waals surface area contributed by atoms with Crippen LogP contribution in [-0.4, -0.2) is 37.0 Å². The fraction of sp³-hybridized carbons (Fsp3) is 0.278. The summed E-state index contributed by atoms with van der Waals surface area (Å²) in [6, 6.07) is 10.9. The van der Waals surface area contributed by atoms with E-state index in [0.29, 0.717) is 22.1 Å². The molecule has 0 saturated carbocycles. The van der Waals surface area contributed by atoms with Crippen LogP contribution in [0.4, 0.5) is 13.2 Å². The monoisotopic (exact) mass is 394 g/mol. The van der Waals surface area contributed by atoms with Gasteiger partial charge in [-0.05, 0) is 32.0 Å². The number of halogens is 3. The molecule has 2 heterocycles. The van der Waals surface area contributed by atoms with E-state index in [4.69, 9.17) is 0 Å². The molecule has 0 saturated heterocycles. The van der Waals surface area contributed by atoms with E-state index in [1.54, 1.807) is 17.8 Å². The third-order valence-electron chi connectivity index (χ3n) is 4.09. The van der Waals surface area contributed by atoms with Crippen molar-refractivity contribution in [3.05, 3.63) is 59.7 Å². The Morgan fingerprint density at radius 3 is 2.56 bits per heavy atom. The van der Waals surface area contributed by atoms with Gasteiger partial charge in [0.05, 0.1) is 5.75 Å². The molecule has 27 heavy (non-hydrogen) atoms. The molecule has 0 atom stereocenters. The topological polar surface area (TPSA) is 52.7 Å². The zero-order valence-corrected chi connectivity index (χ0v) is 15.5. The van der Waals surface area contributed by atoms with Crippen LogP contribution in [0.2, 0.25) is 0 Å². The van der Waals surface area contributed by atoms with Gasteiger partial charge in [0.1, 0.15) is 12.9 Å². The van der Waals surface area contributed by atoms with E-state index in [1.807, 2.05) is 30.3 Å². The molecule has 0 unspecified atom stereocenters. The minimum Gasteiger partial charge on any atom is -0.339 e. The van der Waals surface area contributed by atoms with E-state index in [-0.39, 0.29) is 11.5 Å². The number of nitrogens with zero attached hydrogens (tertiary/aromatic N) is 4. The molecule has 0 radical (unpaired) electrons. The van der Waals surface area contributed by atoms with Gasteiger partial charge in [0, 0.05) is 22.6 Å². The average molecular weight is 394 g/mol. The number of hydrogen-bond acceptors (Lipinski definition) is 4. The second-order valence-corrected chi connectivity index (χ2v) is 6.96. The van der Waals surface area contributed by atoms with E-state index >= 15 is 0 Å². The normalized spacial score (nSPS) is 11.7. The first-order valence-corrected chi connectivity index (χ1v) is 9.10. The van der Waals surface area contributed by atoms with E-state index < -0.39 is 12.7 Å². The molecule has 0 N–H and O–H groups in total. The highest BCUT2D eigenvalue weighted by Crippen LogP contribution is 2.25. The predicted molar refractivity (Wildman–Crippen MR) is 96.4 cm³/mol. The van der Waals surface area contributed by atoms with E-state index in [0.717, 1.165) is 10.3 Å². The number of ketones is 1. The Kier molecular flexibility index (Phi) is 5.41. The molecule has 2 aromatic heterocycles. The Morgan fingerprint density at radius 1 is 1.19 bits per heavy atom. The number of rotatable bonds is 6. The van der Waals surface area contributed by atoms with Crippen LogP contribution in [0.5, 0.6) is 0 Å². The smallest absolute Gasteiger partial charge is 0.339 e. The number of alkyl halides is 3. The summed E-state index contributed by atoms with van der Waals surface area (Å²) in [7, 11) is 0. The lowest BCUT2D eigenvalue weighted by molar-refractivity contribution is -0.141. The van der Waals surface area contributed by atoms with Crippen molar-refractivity contribution in [3.8, 4) is 5.69 Å². The van der Waals surface area contributed by atoms with Gasteiger partial charge in [-0.3, -0.25) is 9.36 Å². The molecular formula is C18H17F3N4OS. The molecule has 0 aliphatic heterocycles. The highest BCUT2D eigenvalue weighted by molar-refractivity contribution is 7.99. The Hall–Kier alpha value is -2.55. The summed E-state index contributed by atoms with van der Waals surface area (Å²) in [4.78, 5) is 12.6. The van der Waals surface area contributed by atoms with Crippen LogP contribution in [0.15, 0.2) is 47.9 Å². The van der Waals surface area contributed by atoms with Gasteiger partial charge in [-0.15, -0.1) is 10.2 Å². The molecule has 0 amide bonds. The largest absolute Gasteiger partial charge is 0.406 e. The Balaban J connectivity index is 1.75. The fourth-order valence-corrected chi connectivity index (χ4v) is 3.61. The van der Waals surface area contributed by atoms with Gasteiger partial charge in [-0.25, -0.2) is 0 Å². The number of hydrogen-bond donors (Lipinski definition) is 0. The molecule has 142 valence electrons. The molecule has 9 heteroatoms. The third-order valence-corrected chi connectivity index (χ3v) is 5.04. The Bertz CT molecular complexity index is 947. The van der Waals surface area contributed by atoms with Gasteiger partial charge >= 0.3 is 6.18 Å². The molecule has 0 fully saturated rings. The Morgan fingerprint density at radius 2 is 1.89 bits per heavy atom. The summed E-state index contributed by atoms with van der Waals surface area (Å²) in [5.74, 6) is -0.189. The van der Waals surface area contributed by atoms with Gasteiger partial charge in [-0.1, -0.05) is 30.0 Å². The van der Waals surface area contributed by atoms with Crippen molar-refractivity contribution in [1.82, 2.24) is 19.3 Å². The number of carbonyl (C=O) groups excluding carboxylic acids is 1. The number of Topliss-reactive ketones (excluding diaryl/α,β-unsaturated/α-hetero) is 1. The van der Waals surface area contributed by atoms with Crippen molar-refractivity contribution in [2.75, 3.05) is 5.75 Å². The van der Waals surface area contributed by atoms with Gasteiger partial charge < -0.3 is 4.57 Å². The van der Waals surface area contributed by atoms with Crippen LogP contribution in [0.25, 0.3) is 5.69 Å². The molecule has 3 rings (SSSR count). The fourth-order valence-electron chi connectivity index (χ4n) is 2.80. The first-order valence-electron chi connectivity index (χ1n) is 8.11. The highest BCUT2D eigenvalue weighted by atomic mass is 32.2. The maximum Gasteiger partial charge on any atom is 0.406 e. The lowest BCUT2D eigenvalue weighted by atomic mass is 10.2. The average Bonchev–Trinajstić information content (AvgIpc) is 3.19. The Labute approximate surface area is 158 Å². The predicted octanol–water partition coefficient (Wildman–Crippen LogP) is 4.22. The quantitative estimate of drug-likeness (QED) is 0.464. The molecular weight excluding hydrogens is 377 g/mol. The van der Waals surface area contributed by atoms with Gasteiger partial charge in [0.15, 0.2) is 10.9 Å². The summed E-state index contributed by atoms with van der Waals surface area (Å²) in [6.45, 7) is 1.99. The van der Waals surface area contributed by atoms with Crippen LogP contribution in [-0.2, 0) is 6.54 Å². The summed E-state index contributed by atoms with van der Waals surface area (Å²) in [5, 5.41) is 8.44.